The summed E-state index contributed by atoms with van der Waals surface area (Å²) in [7, 11) is 0. The fourth-order valence-electron chi connectivity index (χ4n) is 2.69. The number of carbonyl (C=O) groups excluding carboxylic acids is 1. The average Bonchev–Trinajstić information content (AvgIpc) is 2.42. The minimum atomic E-state index is 0.264. The number of piperidine rings is 1. The van der Waals surface area contributed by atoms with Crippen LogP contribution in [0.2, 0.25) is 0 Å². The van der Waals surface area contributed by atoms with E-state index in [-0.39, 0.29) is 5.91 Å². The van der Waals surface area contributed by atoms with Gasteiger partial charge in [0.25, 0.3) is 0 Å². The molecule has 0 unspecified atom stereocenters. The SMILES string of the molecule is CCNC1CCN(CC(=O)N2CCOCC2)CC1. The van der Waals surface area contributed by atoms with Crippen molar-refractivity contribution >= 4 is 5.91 Å². The zero-order valence-electron chi connectivity index (χ0n) is 11.4. The number of likely N-dealkylation sites (tertiary alicyclic amines) is 1. The number of hydrogen-bond acceptors (Lipinski definition) is 4. The third kappa shape index (κ3) is 3.93. The van der Waals surface area contributed by atoms with Crippen molar-refractivity contribution in [2.24, 2.45) is 0 Å². The Morgan fingerprint density at radius 2 is 1.89 bits per heavy atom. The van der Waals surface area contributed by atoms with E-state index < -0.39 is 0 Å². The van der Waals surface area contributed by atoms with Gasteiger partial charge in [0, 0.05) is 32.2 Å². The molecule has 5 heteroatoms. The van der Waals surface area contributed by atoms with Crippen molar-refractivity contribution in [2.75, 3.05) is 52.5 Å². The summed E-state index contributed by atoms with van der Waals surface area (Å²) in [5.74, 6) is 0.264. The van der Waals surface area contributed by atoms with Crippen LogP contribution >= 0.6 is 0 Å². The van der Waals surface area contributed by atoms with Gasteiger partial charge >= 0.3 is 0 Å². The van der Waals surface area contributed by atoms with Gasteiger partial charge in [-0.05, 0) is 19.4 Å². The molecule has 5 nitrogen and oxygen atoms in total. The summed E-state index contributed by atoms with van der Waals surface area (Å²) in [5.41, 5.74) is 0. The lowest BCUT2D eigenvalue weighted by Gasteiger charge is -2.34. The van der Waals surface area contributed by atoms with E-state index in [1.165, 1.54) is 0 Å². The lowest BCUT2D eigenvalue weighted by molar-refractivity contribution is -0.136. The number of nitrogens with zero attached hydrogens (tertiary/aromatic N) is 2. The van der Waals surface area contributed by atoms with Crippen molar-refractivity contribution in [3.8, 4) is 0 Å². The second kappa shape index (κ2) is 7.07. The molecule has 0 radical (unpaired) electrons. The molecule has 1 N–H and O–H groups in total. The lowest BCUT2D eigenvalue weighted by atomic mass is 10.1. The summed E-state index contributed by atoms with van der Waals surface area (Å²) in [6.45, 7) is 8.73. The van der Waals surface area contributed by atoms with Gasteiger partial charge in [0.2, 0.25) is 5.91 Å². The molecule has 0 atom stereocenters. The molecular weight excluding hydrogens is 230 g/mol. The fraction of sp³-hybridized carbons (Fsp3) is 0.923. The Hall–Kier alpha value is -0.650. The Kier molecular flexibility index (Phi) is 5.41. The van der Waals surface area contributed by atoms with E-state index in [1.54, 1.807) is 0 Å². The maximum Gasteiger partial charge on any atom is 0.236 e. The summed E-state index contributed by atoms with van der Waals surface area (Å²) in [6, 6.07) is 0.643. The quantitative estimate of drug-likeness (QED) is 0.763. The predicted molar refractivity (Wildman–Crippen MR) is 70.5 cm³/mol. The molecule has 2 aliphatic heterocycles. The molecule has 0 aliphatic carbocycles. The molecule has 0 saturated carbocycles. The largest absolute Gasteiger partial charge is 0.378 e. The Bertz CT molecular complexity index is 259. The predicted octanol–water partition coefficient (Wildman–Crippen LogP) is -0.0809. The van der Waals surface area contributed by atoms with E-state index in [2.05, 4.69) is 17.1 Å². The highest BCUT2D eigenvalue weighted by molar-refractivity contribution is 5.78. The number of amides is 1. The van der Waals surface area contributed by atoms with Gasteiger partial charge in [-0.3, -0.25) is 9.69 Å². The van der Waals surface area contributed by atoms with Gasteiger partial charge in [-0.2, -0.15) is 0 Å². The normalized spacial score (nSPS) is 23.3. The zero-order valence-corrected chi connectivity index (χ0v) is 11.4. The highest BCUT2D eigenvalue weighted by Crippen LogP contribution is 2.10. The molecule has 0 aromatic heterocycles. The minimum Gasteiger partial charge on any atom is -0.378 e. The van der Waals surface area contributed by atoms with Gasteiger partial charge in [0.15, 0.2) is 0 Å². The molecule has 0 aromatic carbocycles. The highest BCUT2D eigenvalue weighted by Gasteiger charge is 2.23. The fourth-order valence-corrected chi connectivity index (χ4v) is 2.69. The van der Waals surface area contributed by atoms with Crippen molar-refractivity contribution in [3.05, 3.63) is 0 Å². The number of rotatable bonds is 4. The smallest absolute Gasteiger partial charge is 0.236 e. The second-order valence-electron chi connectivity index (χ2n) is 5.10. The summed E-state index contributed by atoms with van der Waals surface area (Å²) in [6.07, 6.45) is 2.31. The Morgan fingerprint density at radius 1 is 1.22 bits per heavy atom. The van der Waals surface area contributed by atoms with E-state index in [1.807, 2.05) is 4.90 Å². The molecule has 2 aliphatic rings. The van der Waals surface area contributed by atoms with Gasteiger partial charge in [0.05, 0.1) is 19.8 Å². The van der Waals surface area contributed by atoms with E-state index in [9.17, 15) is 4.79 Å². The molecule has 0 aromatic rings. The van der Waals surface area contributed by atoms with Crippen molar-refractivity contribution in [3.63, 3.8) is 0 Å². The molecule has 2 saturated heterocycles. The first-order valence-electron chi connectivity index (χ1n) is 7.11. The van der Waals surface area contributed by atoms with Crippen molar-refractivity contribution in [1.82, 2.24) is 15.1 Å². The number of ether oxygens (including phenoxy) is 1. The topological polar surface area (TPSA) is 44.8 Å². The van der Waals surface area contributed by atoms with Gasteiger partial charge in [-0.25, -0.2) is 0 Å². The van der Waals surface area contributed by atoms with Gasteiger partial charge in [0.1, 0.15) is 0 Å². The van der Waals surface area contributed by atoms with Crippen LogP contribution in [0.3, 0.4) is 0 Å². The van der Waals surface area contributed by atoms with Crippen LogP contribution in [-0.2, 0) is 9.53 Å². The highest BCUT2D eigenvalue weighted by atomic mass is 16.5. The summed E-state index contributed by atoms with van der Waals surface area (Å²) in [5, 5.41) is 3.48. The molecule has 18 heavy (non-hydrogen) atoms. The van der Waals surface area contributed by atoms with Crippen molar-refractivity contribution in [2.45, 2.75) is 25.8 Å². The van der Waals surface area contributed by atoms with Crippen molar-refractivity contribution < 1.29 is 9.53 Å². The van der Waals surface area contributed by atoms with Crippen LogP contribution in [0, 0.1) is 0 Å². The first-order valence-corrected chi connectivity index (χ1v) is 7.11. The molecule has 104 valence electrons. The van der Waals surface area contributed by atoms with Crippen LogP contribution < -0.4 is 5.32 Å². The average molecular weight is 255 g/mol. The molecule has 0 spiro atoms. The molecule has 2 heterocycles. The maximum absolute atomic E-state index is 12.1. The zero-order chi connectivity index (χ0) is 12.8. The standard InChI is InChI=1S/C13H25N3O2/c1-2-14-12-3-5-15(6-4-12)11-13(17)16-7-9-18-10-8-16/h12,14H,2-11H2,1H3. The molecule has 2 fully saturated rings. The van der Waals surface area contributed by atoms with E-state index in [0.29, 0.717) is 25.8 Å². The Morgan fingerprint density at radius 3 is 2.50 bits per heavy atom. The van der Waals surface area contributed by atoms with Crippen LogP contribution in [-0.4, -0.2) is 74.2 Å². The first kappa shape index (κ1) is 13.8. The third-order valence-electron chi connectivity index (χ3n) is 3.80. The van der Waals surface area contributed by atoms with Crippen LogP contribution in [0.4, 0.5) is 0 Å². The molecule has 1 amide bonds. The van der Waals surface area contributed by atoms with E-state index in [4.69, 9.17) is 4.74 Å². The van der Waals surface area contributed by atoms with Gasteiger partial charge in [-0.15, -0.1) is 0 Å². The van der Waals surface area contributed by atoms with Crippen LogP contribution in [0.15, 0.2) is 0 Å². The molecular formula is C13H25N3O2. The Labute approximate surface area is 109 Å². The lowest BCUT2D eigenvalue weighted by Crippen LogP contribution is -2.49. The number of morpholine rings is 1. The third-order valence-corrected chi connectivity index (χ3v) is 3.80. The maximum atomic E-state index is 12.1. The summed E-state index contributed by atoms with van der Waals surface area (Å²) in [4.78, 5) is 16.3. The van der Waals surface area contributed by atoms with E-state index >= 15 is 0 Å². The van der Waals surface area contributed by atoms with Crippen molar-refractivity contribution in [1.29, 1.82) is 0 Å². The van der Waals surface area contributed by atoms with Crippen LogP contribution in [0.1, 0.15) is 19.8 Å². The van der Waals surface area contributed by atoms with E-state index in [0.717, 1.165) is 45.6 Å². The first-order chi connectivity index (χ1) is 8.79. The number of hydrogen-bond donors (Lipinski definition) is 1. The van der Waals surface area contributed by atoms with Gasteiger partial charge < -0.3 is 15.0 Å². The number of carbonyl (C=O) groups is 1. The van der Waals surface area contributed by atoms with Crippen LogP contribution in [0.5, 0.6) is 0 Å². The minimum absolute atomic E-state index is 0.264. The summed E-state index contributed by atoms with van der Waals surface area (Å²) >= 11 is 0. The number of nitrogens with one attached hydrogen (secondary N) is 1. The Balaban J connectivity index is 1.68. The molecule has 0 bridgehead atoms. The summed E-state index contributed by atoms with van der Waals surface area (Å²) < 4.78 is 5.27. The van der Waals surface area contributed by atoms with Crippen LogP contribution in [0.25, 0.3) is 0 Å². The monoisotopic (exact) mass is 255 g/mol. The second-order valence-corrected chi connectivity index (χ2v) is 5.10. The van der Waals surface area contributed by atoms with Gasteiger partial charge in [-0.1, -0.05) is 6.92 Å². The molecule has 2 rings (SSSR count).